The van der Waals surface area contributed by atoms with E-state index in [1.54, 1.807) is 0 Å². The summed E-state index contributed by atoms with van der Waals surface area (Å²) in [6.07, 6.45) is 7.17. The molecule has 2 aromatic carbocycles. The van der Waals surface area contributed by atoms with E-state index < -0.39 is 5.41 Å². The molecule has 0 fully saturated rings. The predicted octanol–water partition coefficient (Wildman–Crippen LogP) is 8.36. The van der Waals surface area contributed by atoms with Crippen LogP contribution in [0.5, 0.6) is 0 Å². The number of benzene rings is 2. The number of esters is 2. The van der Waals surface area contributed by atoms with Crippen LogP contribution >= 0.6 is 0 Å². The smallest absolute Gasteiger partial charge is 0.338 e. The van der Waals surface area contributed by atoms with Crippen LogP contribution in [-0.4, -0.2) is 24.1 Å². The van der Waals surface area contributed by atoms with Crippen molar-refractivity contribution in [3.05, 3.63) is 70.8 Å². The first-order valence-electron chi connectivity index (χ1n) is 14.0. The zero-order valence-corrected chi connectivity index (χ0v) is 23.3. The molecule has 0 radical (unpaired) electrons. The van der Waals surface area contributed by atoms with Gasteiger partial charge in [0.15, 0.2) is 0 Å². The number of carbonyl (C=O) groups excluding carboxylic acids is 2. The SMILES string of the molecule is CCCc1ccc(C(=O)OC(CC)C(CC)(CC)C(CCC)OC(=O)c2ccc(CCC)cc2)cc1. The molecule has 0 aliphatic rings. The number of hydrogen-bond donors (Lipinski definition) is 0. The molecular weight excluding hydrogens is 448 g/mol. The van der Waals surface area contributed by atoms with Crippen LogP contribution in [0.1, 0.15) is 118 Å². The van der Waals surface area contributed by atoms with Gasteiger partial charge in [-0.15, -0.1) is 0 Å². The van der Waals surface area contributed by atoms with Crippen LogP contribution in [0.25, 0.3) is 0 Å². The Bertz CT molecular complexity index is 926. The van der Waals surface area contributed by atoms with Crippen molar-refractivity contribution in [1.82, 2.24) is 0 Å². The van der Waals surface area contributed by atoms with Crippen LogP contribution < -0.4 is 0 Å². The van der Waals surface area contributed by atoms with Gasteiger partial charge in [-0.1, -0.05) is 85.1 Å². The summed E-state index contributed by atoms with van der Waals surface area (Å²) in [6, 6.07) is 15.4. The third-order valence-corrected chi connectivity index (χ3v) is 7.48. The lowest BCUT2D eigenvalue weighted by molar-refractivity contribution is -0.0969. The molecule has 0 saturated carbocycles. The zero-order valence-electron chi connectivity index (χ0n) is 23.3. The lowest BCUT2D eigenvalue weighted by Gasteiger charge is -2.44. The number of ether oxygens (including phenoxy) is 2. The van der Waals surface area contributed by atoms with Crippen LogP contribution in [0, 0.1) is 5.41 Å². The third kappa shape index (κ3) is 7.44. The Labute approximate surface area is 218 Å². The van der Waals surface area contributed by atoms with Gasteiger partial charge >= 0.3 is 11.9 Å². The molecule has 2 rings (SSSR count). The van der Waals surface area contributed by atoms with Gasteiger partial charge in [-0.25, -0.2) is 9.59 Å². The van der Waals surface area contributed by atoms with Crippen molar-refractivity contribution in [2.24, 2.45) is 5.41 Å². The Morgan fingerprint density at radius 3 is 1.39 bits per heavy atom. The van der Waals surface area contributed by atoms with Crippen molar-refractivity contribution in [3.8, 4) is 0 Å². The van der Waals surface area contributed by atoms with Crippen molar-refractivity contribution < 1.29 is 19.1 Å². The van der Waals surface area contributed by atoms with E-state index in [0.29, 0.717) is 17.5 Å². The maximum atomic E-state index is 13.2. The second-order valence-corrected chi connectivity index (χ2v) is 9.82. The van der Waals surface area contributed by atoms with Gasteiger partial charge in [0.05, 0.1) is 11.1 Å². The molecule has 198 valence electrons. The molecule has 2 atom stereocenters. The van der Waals surface area contributed by atoms with E-state index in [1.165, 1.54) is 11.1 Å². The van der Waals surface area contributed by atoms with E-state index in [2.05, 4.69) is 34.6 Å². The van der Waals surface area contributed by atoms with Gasteiger partial charge in [-0.3, -0.25) is 0 Å². The molecule has 4 heteroatoms. The van der Waals surface area contributed by atoms with Crippen LogP contribution in [-0.2, 0) is 22.3 Å². The Morgan fingerprint density at radius 2 is 1.06 bits per heavy atom. The first kappa shape index (κ1) is 29.6. The van der Waals surface area contributed by atoms with Crippen molar-refractivity contribution in [3.63, 3.8) is 0 Å². The first-order chi connectivity index (χ1) is 17.4. The summed E-state index contributed by atoms with van der Waals surface area (Å²) in [4.78, 5) is 26.3. The van der Waals surface area contributed by atoms with Crippen LogP contribution in [0.2, 0.25) is 0 Å². The van der Waals surface area contributed by atoms with E-state index in [9.17, 15) is 9.59 Å². The number of rotatable bonds is 15. The minimum Gasteiger partial charge on any atom is -0.458 e. The summed E-state index contributed by atoms with van der Waals surface area (Å²) in [5.41, 5.74) is 3.10. The summed E-state index contributed by atoms with van der Waals surface area (Å²) >= 11 is 0. The highest BCUT2D eigenvalue weighted by atomic mass is 16.6. The molecule has 0 N–H and O–H groups in total. The molecule has 0 aliphatic heterocycles. The molecule has 0 saturated heterocycles. The summed E-state index contributed by atoms with van der Waals surface area (Å²) in [5.74, 6) is -0.625. The monoisotopic (exact) mass is 494 g/mol. The van der Waals surface area contributed by atoms with Crippen LogP contribution in [0.15, 0.2) is 48.5 Å². The fourth-order valence-electron chi connectivity index (χ4n) is 5.29. The highest BCUT2D eigenvalue weighted by Crippen LogP contribution is 2.42. The summed E-state index contributed by atoms with van der Waals surface area (Å²) < 4.78 is 12.4. The van der Waals surface area contributed by atoms with E-state index >= 15 is 0 Å². The van der Waals surface area contributed by atoms with Gasteiger partial charge in [-0.2, -0.15) is 0 Å². The van der Waals surface area contributed by atoms with E-state index in [-0.39, 0.29) is 24.1 Å². The maximum Gasteiger partial charge on any atom is 0.338 e. The van der Waals surface area contributed by atoms with Gasteiger partial charge < -0.3 is 9.47 Å². The lowest BCUT2D eigenvalue weighted by atomic mass is 9.70. The van der Waals surface area contributed by atoms with E-state index in [1.807, 2.05) is 55.5 Å². The molecule has 0 bridgehead atoms. The standard InChI is InChI=1S/C32H46O4/c1-7-13-24-16-20-26(21-17-24)30(33)35-28(10-4)32(11-5,12-6)29(15-9-3)36-31(34)27-22-18-25(14-8-2)19-23-27/h16-23,28-29H,7-15H2,1-6H3. The number of aryl methyl sites for hydroxylation is 2. The molecule has 0 spiro atoms. The summed E-state index contributed by atoms with van der Waals surface area (Å²) in [7, 11) is 0. The Morgan fingerprint density at radius 1 is 0.639 bits per heavy atom. The van der Waals surface area contributed by atoms with Crippen LogP contribution in [0.4, 0.5) is 0 Å². The average Bonchev–Trinajstić information content (AvgIpc) is 2.90. The normalized spacial score (nSPS) is 13.2. The summed E-state index contributed by atoms with van der Waals surface area (Å²) in [6.45, 7) is 12.6. The van der Waals surface area contributed by atoms with E-state index in [4.69, 9.17) is 9.47 Å². The maximum absolute atomic E-state index is 13.2. The molecular formula is C32H46O4. The third-order valence-electron chi connectivity index (χ3n) is 7.48. The van der Waals surface area contributed by atoms with Gasteiger partial charge in [-0.05, 0) is 73.9 Å². The minimum atomic E-state index is -0.458. The largest absolute Gasteiger partial charge is 0.458 e. The molecule has 36 heavy (non-hydrogen) atoms. The quantitative estimate of drug-likeness (QED) is 0.233. The van der Waals surface area contributed by atoms with Gasteiger partial charge in [0.2, 0.25) is 0 Å². The Kier molecular flexibility index (Phi) is 12.2. The molecule has 0 heterocycles. The lowest BCUT2D eigenvalue weighted by Crippen LogP contribution is -2.48. The number of carbonyl (C=O) groups is 2. The molecule has 2 aromatic rings. The Hall–Kier alpha value is -2.62. The van der Waals surface area contributed by atoms with Gasteiger partial charge in [0.1, 0.15) is 12.2 Å². The van der Waals surface area contributed by atoms with E-state index in [0.717, 1.165) is 51.4 Å². The summed E-state index contributed by atoms with van der Waals surface area (Å²) in [5, 5.41) is 0. The average molecular weight is 495 g/mol. The first-order valence-corrected chi connectivity index (χ1v) is 14.0. The fraction of sp³-hybridized carbons (Fsp3) is 0.562. The topological polar surface area (TPSA) is 52.6 Å². The Balaban J connectivity index is 2.27. The molecule has 2 unspecified atom stereocenters. The number of hydrogen-bond acceptors (Lipinski definition) is 4. The molecule has 0 aliphatic carbocycles. The molecule has 0 aromatic heterocycles. The second kappa shape index (κ2) is 14.8. The highest BCUT2D eigenvalue weighted by molar-refractivity contribution is 5.90. The van der Waals surface area contributed by atoms with Gasteiger partial charge in [0, 0.05) is 5.41 Å². The molecule has 0 amide bonds. The highest BCUT2D eigenvalue weighted by Gasteiger charge is 2.46. The second-order valence-electron chi connectivity index (χ2n) is 9.82. The zero-order chi connectivity index (χ0) is 26.6. The fourth-order valence-corrected chi connectivity index (χ4v) is 5.29. The minimum absolute atomic E-state index is 0.310. The molecule has 4 nitrogen and oxygen atoms in total. The van der Waals surface area contributed by atoms with Crippen LogP contribution in [0.3, 0.4) is 0 Å². The van der Waals surface area contributed by atoms with Crippen molar-refractivity contribution >= 4 is 11.9 Å². The van der Waals surface area contributed by atoms with Gasteiger partial charge in [0.25, 0.3) is 0 Å². The van der Waals surface area contributed by atoms with Crippen molar-refractivity contribution in [1.29, 1.82) is 0 Å². The predicted molar refractivity (Wildman–Crippen MR) is 147 cm³/mol. The van der Waals surface area contributed by atoms with Crippen molar-refractivity contribution in [2.75, 3.05) is 0 Å². The van der Waals surface area contributed by atoms with Crippen molar-refractivity contribution in [2.45, 2.75) is 112 Å².